The van der Waals surface area contributed by atoms with E-state index in [0.717, 1.165) is 42.7 Å². The molecule has 0 N–H and O–H groups in total. The van der Waals surface area contributed by atoms with Crippen LogP contribution in [-0.2, 0) is 11.8 Å². The Bertz CT molecular complexity index is 3540. The minimum atomic E-state index is 0.0805. The van der Waals surface area contributed by atoms with E-state index in [-0.39, 0.29) is 5.41 Å². The van der Waals surface area contributed by atoms with Crippen LogP contribution in [-0.4, -0.2) is 0 Å². The van der Waals surface area contributed by atoms with Crippen LogP contribution in [0.3, 0.4) is 0 Å². The zero-order chi connectivity index (χ0) is 50.8. The van der Waals surface area contributed by atoms with E-state index >= 15 is 0 Å². The zero-order valence-corrected chi connectivity index (χ0v) is 44.4. The van der Waals surface area contributed by atoms with Crippen molar-refractivity contribution in [1.29, 1.82) is 0 Å². The molecular formula is C71H70N2. The van der Waals surface area contributed by atoms with Gasteiger partial charge in [-0.05, 0) is 219 Å². The summed E-state index contributed by atoms with van der Waals surface area (Å²) < 4.78 is 0. The first-order valence-electron chi connectivity index (χ1n) is 26.7. The average molecular weight is 951 g/mol. The van der Waals surface area contributed by atoms with Crippen LogP contribution in [0.4, 0.5) is 34.1 Å². The number of hydrogen-bond acceptors (Lipinski definition) is 2. The molecule has 1 unspecified atom stereocenters. The van der Waals surface area contributed by atoms with Crippen LogP contribution >= 0.6 is 0 Å². The van der Waals surface area contributed by atoms with E-state index in [2.05, 4.69) is 278 Å². The molecule has 0 bridgehead atoms. The van der Waals surface area contributed by atoms with Gasteiger partial charge in [-0.15, -0.1) is 0 Å². The summed E-state index contributed by atoms with van der Waals surface area (Å²) in [6, 6.07) is 77.7. The Morgan fingerprint density at radius 1 is 0.425 bits per heavy atom. The van der Waals surface area contributed by atoms with E-state index in [1.54, 1.807) is 0 Å². The molecule has 0 aromatic heterocycles. The normalized spacial score (nSPS) is 12.1. The van der Waals surface area contributed by atoms with Crippen LogP contribution in [0.5, 0.6) is 0 Å². The highest BCUT2D eigenvalue weighted by Crippen LogP contribution is 2.44. The molecule has 0 spiro atoms. The highest BCUT2D eigenvalue weighted by Gasteiger charge is 2.22. The minimum absolute atomic E-state index is 0.0805. The summed E-state index contributed by atoms with van der Waals surface area (Å²) in [7, 11) is 0. The van der Waals surface area contributed by atoms with Crippen LogP contribution in [0.15, 0.2) is 206 Å². The highest BCUT2D eigenvalue weighted by atomic mass is 15.1. The Kier molecular flexibility index (Phi) is 13.9. The number of fused-ring (bicyclic) bond motifs is 2. The lowest BCUT2D eigenvalue weighted by atomic mass is 9.82. The van der Waals surface area contributed by atoms with Crippen molar-refractivity contribution in [2.75, 3.05) is 9.80 Å². The van der Waals surface area contributed by atoms with E-state index in [4.69, 9.17) is 0 Å². The van der Waals surface area contributed by atoms with Gasteiger partial charge >= 0.3 is 0 Å². The first kappa shape index (κ1) is 48.9. The molecule has 0 heterocycles. The van der Waals surface area contributed by atoms with Crippen molar-refractivity contribution in [2.45, 2.75) is 99.3 Å². The third kappa shape index (κ3) is 9.97. The fourth-order valence-corrected chi connectivity index (χ4v) is 10.7. The summed E-state index contributed by atoms with van der Waals surface area (Å²) in [5.41, 5.74) is 22.3. The predicted molar refractivity (Wildman–Crippen MR) is 317 cm³/mol. The quantitative estimate of drug-likeness (QED) is 0.101. The van der Waals surface area contributed by atoms with Crippen molar-refractivity contribution in [1.82, 2.24) is 0 Å². The van der Waals surface area contributed by atoms with E-state index in [9.17, 15) is 0 Å². The predicted octanol–water partition coefficient (Wildman–Crippen LogP) is 21.0. The third-order valence-corrected chi connectivity index (χ3v) is 15.7. The summed E-state index contributed by atoms with van der Waals surface area (Å²) in [5, 5.41) is 5.02. The molecule has 0 aliphatic carbocycles. The molecule has 2 nitrogen and oxygen atoms in total. The van der Waals surface area contributed by atoms with Crippen LogP contribution < -0.4 is 9.80 Å². The van der Waals surface area contributed by atoms with Gasteiger partial charge in [0.25, 0.3) is 0 Å². The largest absolute Gasteiger partial charge is 0.310 e. The Labute approximate surface area is 435 Å². The molecule has 0 saturated heterocycles. The summed E-state index contributed by atoms with van der Waals surface area (Å²) >= 11 is 0. The topological polar surface area (TPSA) is 6.48 Å². The maximum atomic E-state index is 2.42. The molecule has 10 rings (SSSR count). The summed E-state index contributed by atoms with van der Waals surface area (Å²) in [5.74, 6) is 0.490. The van der Waals surface area contributed by atoms with Gasteiger partial charge < -0.3 is 9.80 Å². The zero-order valence-electron chi connectivity index (χ0n) is 44.4. The number of nitrogens with zero attached hydrogens (tertiary/aromatic N) is 2. The third-order valence-electron chi connectivity index (χ3n) is 15.7. The Morgan fingerprint density at radius 3 is 1.34 bits per heavy atom. The van der Waals surface area contributed by atoms with Crippen LogP contribution in [0, 0.1) is 20.8 Å². The Hall–Kier alpha value is -7.68. The fraction of sp³-hybridized carbons (Fsp3) is 0.211. The molecular weight excluding hydrogens is 881 g/mol. The van der Waals surface area contributed by atoms with E-state index in [1.165, 1.54) is 105 Å². The second-order valence-electron chi connectivity index (χ2n) is 21.1. The van der Waals surface area contributed by atoms with Crippen molar-refractivity contribution in [3.05, 3.63) is 240 Å². The fourth-order valence-electron chi connectivity index (χ4n) is 10.7. The van der Waals surface area contributed by atoms with Crippen molar-refractivity contribution in [3.8, 4) is 33.4 Å². The van der Waals surface area contributed by atoms with E-state index in [1.807, 2.05) is 0 Å². The van der Waals surface area contributed by atoms with Gasteiger partial charge in [0, 0.05) is 34.1 Å². The van der Waals surface area contributed by atoms with Gasteiger partial charge in [0.2, 0.25) is 0 Å². The molecule has 2 heteroatoms. The number of aryl methyl sites for hydroxylation is 4. The lowest BCUT2D eigenvalue weighted by molar-refractivity contribution is 0.506. The molecule has 10 aromatic carbocycles. The summed E-state index contributed by atoms with van der Waals surface area (Å²) in [6.45, 7) is 20.5. The first-order valence-corrected chi connectivity index (χ1v) is 26.7. The molecule has 10 aromatic rings. The van der Waals surface area contributed by atoms with Crippen molar-refractivity contribution < 1.29 is 0 Å². The maximum absolute atomic E-state index is 2.42. The second-order valence-corrected chi connectivity index (χ2v) is 21.1. The lowest BCUT2D eigenvalue weighted by Gasteiger charge is -2.29. The molecule has 0 amide bonds. The number of benzene rings is 10. The molecule has 73 heavy (non-hydrogen) atoms. The monoisotopic (exact) mass is 951 g/mol. The average Bonchev–Trinajstić information content (AvgIpc) is 3.42. The number of hydrogen-bond donors (Lipinski definition) is 0. The van der Waals surface area contributed by atoms with Gasteiger partial charge in [-0.25, -0.2) is 0 Å². The smallest absolute Gasteiger partial charge is 0.0464 e. The SMILES string of the molecule is CCCc1ccc(N(c2ccc(-c3ccc4ccc(C)c(-c5c(C)ccc6ccc(-c7ccc(N(c8ccc(C)cc8)c8cccc(C(C)(C)CC)c8)cc7)cc56)c4c3)cc2)c2cccc(C(C)CC)c2)cc1. The van der Waals surface area contributed by atoms with Gasteiger partial charge in [-0.1, -0.05) is 175 Å². The minimum Gasteiger partial charge on any atom is -0.310 e. The molecule has 0 radical (unpaired) electrons. The van der Waals surface area contributed by atoms with Gasteiger partial charge in [0.1, 0.15) is 0 Å². The Balaban J connectivity index is 1.02. The van der Waals surface area contributed by atoms with Gasteiger partial charge in [0.15, 0.2) is 0 Å². The van der Waals surface area contributed by atoms with Gasteiger partial charge in [-0.3, -0.25) is 0 Å². The highest BCUT2D eigenvalue weighted by molar-refractivity contribution is 6.09. The first-order chi connectivity index (χ1) is 35.4. The van der Waals surface area contributed by atoms with E-state index < -0.39 is 0 Å². The number of anilines is 6. The molecule has 0 aliphatic heterocycles. The van der Waals surface area contributed by atoms with E-state index in [0.29, 0.717) is 5.92 Å². The Morgan fingerprint density at radius 2 is 0.863 bits per heavy atom. The lowest BCUT2D eigenvalue weighted by Crippen LogP contribution is -2.17. The summed E-state index contributed by atoms with van der Waals surface area (Å²) in [4.78, 5) is 4.80. The maximum Gasteiger partial charge on any atom is 0.0464 e. The van der Waals surface area contributed by atoms with Gasteiger partial charge in [-0.2, -0.15) is 0 Å². The molecule has 0 saturated carbocycles. The standard InChI is InChI=1S/C71H70N2/c1-10-15-52-24-38-62(39-25-52)72(65-18-13-16-57(44-65)49(5)11-2)63-40-32-53(33-41-63)58-30-28-55-26-22-50(6)69(67(55)45-58)70-51(7)23-27-56-29-31-59(46-68(56)70)54-34-42-64(43-35-54)73(61-36-20-48(4)21-37-61)66-19-14-17-60(47-66)71(8,9)12-3/h13-14,16-47,49H,10-12,15H2,1-9H3. The van der Waals surface area contributed by atoms with Crippen LogP contribution in [0.2, 0.25) is 0 Å². The molecule has 0 fully saturated rings. The van der Waals surface area contributed by atoms with Crippen molar-refractivity contribution >= 4 is 55.7 Å². The molecule has 364 valence electrons. The molecule has 1 atom stereocenters. The summed E-state index contributed by atoms with van der Waals surface area (Å²) in [6.07, 6.45) is 4.40. The van der Waals surface area contributed by atoms with Crippen LogP contribution in [0.1, 0.15) is 100 Å². The second kappa shape index (κ2) is 20.8. The van der Waals surface area contributed by atoms with Crippen molar-refractivity contribution in [3.63, 3.8) is 0 Å². The van der Waals surface area contributed by atoms with Crippen molar-refractivity contribution in [2.24, 2.45) is 0 Å². The molecule has 0 aliphatic rings. The van der Waals surface area contributed by atoms with Crippen LogP contribution in [0.25, 0.3) is 54.9 Å². The number of rotatable bonds is 15. The van der Waals surface area contributed by atoms with Gasteiger partial charge in [0.05, 0.1) is 0 Å².